The van der Waals surface area contributed by atoms with Crippen LogP contribution in [0.5, 0.6) is 17.2 Å². The van der Waals surface area contributed by atoms with E-state index in [1.165, 1.54) is 25.5 Å². The van der Waals surface area contributed by atoms with Crippen LogP contribution in [-0.4, -0.2) is 36.3 Å². The summed E-state index contributed by atoms with van der Waals surface area (Å²) in [5.41, 5.74) is 3.62. The van der Waals surface area contributed by atoms with Crippen LogP contribution in [0.15, 0.2) is 59.8 Å². The monoisotopic (exact) mass is 548 g/mol. The Balaban J connectivity index is 1.73. The number of rotatable bonds is 8. The number of esters is 1. The normalized spacial score (nSPS) is 10.6. The van der Waals surface area contributed by atoms with Gasteiger partial charge in [0.05, 0.1) is 34.5 Å². The Morgan fingerprint density at radius 3 is 2.50 bits per heavy atom. The predicted octanol–water partition coefficient (Wildman–Crippen LogP) is 4.28. The molecule has 10 nitrogen and oxygen atoms in total. The molecule has 0 fully saturated rings. The first kappa shape index (κ1) is 22.9. The van der Waals surface area contributed by atoms with Crippen molar-refractivity contribution in [2.45, 2.75) is 0 Å². The smallest absolute Gasteiger partial charge is 0.343 e. The molecule has 1 N–H and O–H groups in total. The highest BCUT2D eigenvalue weighted by Gasteiger charge is 2.17. The highest BCUT2D eigenvalue weighted by molar-refractivity contribution is 14.1. The lowest BCUT2D eigenvalue weighted by Gasteiger charge is -2.12. The quantitative estimate of drug-likeness (QED) is 0.111. The highest BCUT2D eigenvalue weighted by atomic mass is 127. The van der Waals surface area contributed by atoms with Gasteiger partial charge in [-0.2, -0.15) is 5.10 Å². The van der Waals surface area contributed by atoms with Crippen molar-refractivity contribution in [3.8, 4) is 17.2 Å². The van der Waals surface area contributed by atoms with Crippen molar-refractivity contribution in [3.63, 3.8) is 0 Å². The summed E-state index contributed by atoms with van der Waals surface area (Å²) >= 11 is 2.04. The maximum atomic E-state index is 12.5. The molecule has 0 saturated heterocycles. The van der Waals surface area contributed by atoms with Crippen LogP contribution in [0.4, 0.5) is 11.5 Å². The van der Waals surface area contributed by atoms with Gasteiger partial charge in [-0.3, -0.25) is 15.5 Å². The van der Waals surface area contributed by atoms with E-state index in [2.05, 4.69) is 15.5 Å². The molecule has 0 atom stereocenters. The lowest BCUT2D eigenvalue weighted by molar-refractivity contribution is -0.385. The number of nitrogens with zero attached hydrogens (tertiary/aromatic N) is 3. The Hall–Kier alpha value is -3.74. The van der Waals surface area contributed by atoms with Crippen LogP contribution in [0, 0.1) is 13.7 Å². The van der Waals surface area contributed by atoms with E-state index in [4.69, 9.17) is 14.2 Å². The minimum atomic E-state index is -0.531. The number of hydrogen-bond donors (Lipinski definition) is 1. The Kier molecular flexibility index (Phi) is 7.54. The Labute approximate surface area is 196 Å². The van der Waals surface area contributed by atoms with Crippen LogP contribution in [-0.2, 0) is 0 Å². The van der Waals surface area contributed by atoms with E-state index >= 15 is 0 Å². The maximum absolute atomic E-state index is 12.5. The zero-order chi connectivity index (χ0) is 23.1. The SMILES string of the molecule is COc1ccc(C(=O)Oc2c(I)cc(/C=N\Nc3ccc([N+](=O)[O-])cn3)cc2OC)cc1. The van der Waals surface area contributed by atoms with Crippen LogP contribution < -0.4 is 19.6 Å². The highest BCUT2D eigenvalue weighted by Crippen LogP contribution is 2.34. The Morgan fingerprint density at radius 1 is 1.16 bits per heavy atom. The molecule has 1 aromatic heterocycles. The fourth-order valence-electron chi connectivity index (χ4n) is 2.53. The lowest BCUT2D eigenvalue weighted by Crippen LogP contribution is -2.10. The summed E-state index contributed by atoms with van der Waals surface area (Å²) in [6.07, 6.45) is 2.65. The van der Waals surface area contributed by atoms with Gasteiger partial charge in [-0.1, -0.05) is 0 Å². The van der Waals surface area contributed by atoms with Crippen molar-refractivity contribution in [1.29, 1.82) is 0 Å². The fraction of sp³-hybridized carbons (Fsp3) is 0.0952. The van der Waals surface area contributed by atoms with Crippen LogP contribution in [0.2, 0.25) is 0 Å². The summed E-state index contributed by atoms with van der Waals surface area (Å²) in [4.78, 5) is 26.6. The third kappa shape index (κ3) is 5.69. The summed E-state index contributed by atoms with van der Waals surface area (Å²) in [5.74, 6) is 1.09. The van der Waals surface area contributed by atoms with Gasteiger partial charge >= 0.3 is 5.97 Å². The van der Waals surface area contributed by atoms with E-state index in [1.54, 1.807) is 43.5 Å². The van der Waals surface area contributed by atoms with E-state index in [0.29, 0.717) is 32.0 Å². The number of carbonyl (C=O) groups is 1. The Bertz CT molecular complexity index is 1150. The number of pyridine rings is 1. The largest absolute Gasteiger partial charge is 0.497 e. The molecule has 32 heavy (non-hydrogen) atoms. The average molecular weight is 548 g/mol. The van der Waals surface area contributed by atoms with Gasteiger partial charge in [0.25, 0.3) is 5.69 Å². The van der Waals surface area contributed by atoms with Gasteiger partial charge in [-0.05, 0) is 70.6 Å². The number of hydrogen-bond acceptors (Lipinski definition) is 9. The number of ether oxygens (including phenoxy) is 3. The molecule has 0 radical (unpaired) electrons. The number of nitrogens with one attached hydrogen (secondary N) is 1. The molecule has 2 aromatic carbocycles. The second-order valence-electron chi connectivity index (χ2n) is 6.18. The van der Waals surface area contributed by atoms with Crippen molar-refractivity contribution in [2.24, 2.45) is 5.10 Å². The standard InChI is InChI=1S/C21H17IN4O6/c1-30-16-6-3-14(4-7-16)21(27)32-20-17(22)9-13(10-18(20)31-2)11-24-25-19-8-5-15(12-23-19)26(28)29/h3-12H,1-2H3,(H,23,25)/b24-11-. The van der Waals surface area contributed by atoms with Gasteiger partial charge in [0, 0.05) is 6.07 Å². The minimum Gasteiger partial charge on any atom is -0.497 e. The summed E-state index contributed by atoms with van der Waals surface area (Å²) < 4.78 is 16.7. The molecule has 0 spiro atoms. The number of halogens is 1. The number of methoxy groups -OCH3 is 2. The van der Waals surface area contributed by atoms with E-state index < -0.39 is 10.9 Å². The molecular weight excluding hydrogens is 531 g/mol. The van der Waals surface area contributed by atoms with Crippen molar-refractivity contribution in [3.05, 3.63) is 79.5 Å². The summed E-state index contributed by atoms with van der Waals surface area (Å²) in [6.45, 7) is 0. The third-order valence-electron chi connectivity index (χ3n) is 4.12. The number of anilines is 1. The fourth-order valence-corrected chi connectivity index (χ4v) is 3.26. The first-order valence-electron chi connectivity index (χ1n) is 9.04. The molecule has 0 saturated carbocycles. The second-order valence-corrected chi connectivity index (χ2v) is 7.34. The van der Waals surface area contributed by atoms with Gasteiger partial charge in [0.1, 0.15) is 17.8 Å². The third-order valence-corrected chi connectivity index (χ3v) is 4.92. The van der Waals surface area contributed by atoms with Crippen molar-refractivity contribution in [2.75, 3.05) is 19.6 Å². The zero-order valence-electron chi connectivity index (χ0n) is 16.9. The van der Waals surface area contributed by atoms with E-state index in [9.17, 15) is 14.9 Å². The predicted molar refractivity (Wildman–Crippen MR) is 126 cm³/mol. The van der Waals surface area contributed by atoms with Crippen LogP contribution >= 0.6 is 22.6 Å². The van der Waals surface area contributed by atoms with Crippen molar-refractivity contribution in [1.82, 2.24) is 4.98 Å². The minimum absolute atomic E-state index is 0.112. The van der Waals surface area contributed by atoms with E-state index in [0.717, 1.165) is 6.20 Å². The number of nitro groups is 1. The van der Waals surface area contributed by atoms with Crippen molar-refractivity contribution >= 4 is 46.3 Å². The molecule has 0 unspecified atom stereocenters. The molecule has 0 aliphatic rings. The van der Waals surface area contributed by atoms with Crippen molar-refractivity contribution < 1.29 is 23.9 Å². The zero-order valence-corrected chi connectivity index (χ0v) is 19.1. The topological polar surface area (TPSA) is 125 Å². The van der Waals surface area contributed by atoms with Crippen LogP contribution in [0.3, 0.4) is 0 Å². The molecular formula is C21H17IN4O6. The molecule has 0 bridgehead atoms. The van der Waals surface area contributed by atoms with E-state index in [1.807, 2.05) is 22.6 Å². The number of carbonyl (C=O) groups excluding carboxylic acids is 1. The molecule has 1 heterocycles. The first-order valence-corrected chi connectivity index (χ1v) is 10.1. The molecule has 0 aliphatic heterocycles. The molecule has 0 amide bonds. The van der Waals surface area contributed by atoms with Gasteiger partial charge in [0.2, 0.25) is 0 Å². The van der Waals surface area contributed by atoms with Crippen LogP contribution in [0.25, 0.3) is 0 Å². The van der Waals surface area contributed by atoms with Gasteiger partial charge in [0.15, 0.2) is 11.5 Å². The maximum Gasteiger partial charge on any atom is 0.343 e. The Morgan fingerprint density at radius 2 is 1.91 bits per heavy atom. The summed E-state index contributed by atoms with van der Waals surface area (Å²) in [5, 5.41) is 14.7. The number of aromatic nitrogens is 1. The first-order chi connectivity index (χ1) is 15.4. The summed E-state index contributed by atoms with van der Waals surface area (Å²) in [6, 6.07) is 12.8. The number of benzene rings is 2. The molecule has 164 valence electrons. The molecule has 3 rings (SSSR count). The molecule has 0 aliphatic carbocycles. The molecule has 3 aromatic rings. The van der Waals surface area contributed by atoms with Crippen LogP contribution in [0.1, 0.15) is 15.9 Å². The summed E-state index contributed by atoms with van der Waals surface area (Å²) in [7, 11) is 3.01. The lowest BCUT2D eigenvalue weighted by atomic mass is 10.2. The van der Waals surface area contributed by atoms with Gasteiger partial charge in [-0.15, -0.1) is 0 Å². The molecule has 11 heteroatoms. The second kappa shape index (κ2) is 10.5. The van der Waals surface area contributed by atoms with Gasteiger partial charge < -0.3 is 14.2 Å². The van der Waals surface area contributed by atoms with Gasteiger partial charge in [-0.25, -0.2) is 9.78 Å². The average Bonchev–Trinajstić information content (AvgIpc) is 2.80. The van der Waals surface area contributed by atoms with E-state index in [-0.39, 0.29) is 11.4 Å². The number of hydrazone groups is 1.